The number of hydrogen-bond acceptors (Lipinski definition) is 3. The summed E-state index contributed by atoms with van der Waals surface area (Å²) in [4.78, 5) is 10.0. The largest absolute Gasteiger partial charge is 0.481 e. The van der Waals surface area contributed by atoms with Gasteiger partial charge in [0.2, 0.25) is 0 Å². The molecule has 1 aliphatic heterocycles. The van der Waals surface area contributed by atoms with E-state index in [1.165, 1.54) is 0 Å². The molecule has 52 valence electrons. The molecule has 0 unspecified atom stereocenters. The van der Waals surface area contributed by atoms with E-state index < -0.39 is 21.7 Å². The molecule has 0 atom stereocenters. The van der Waals surface area contributed by atoms with Crippen LogP contribution in [0, 0.1) is 5.92 Å². The topological polar surface area (TPSA) is 71.4 Å². The molecule has 0 aromatic heterocycles. The second kappa shape index (κ2) is 1.70. The van der Waals surface area contributed by atoms with Gasteiger partial charge in [-0.1, -0.05) is 0 Å². The Hall–Kier alpha value is -0.580. The van der Waals surface area contributed by atoms with E-state index in [0.29, 0.717) is 0 Å². The Kier molecular flexibility index (Phi) is 1.23. The highest BCUT2D eigenvalue weighted by Crippen LogP contribution is 2.17. The standard InChI is InChI=1S/C4H6O4S/c5-4(6)3-1-9(7,8)2-3/h3H,1-2H2,(H,5,6). The van der Waals surface area contributed by atoms with Crippen molar-refractivity contribution >= 4 is 15.8 Å². The molecule has 0 radical (unpaired) electrons. The Morgan fingerprint density at radius 2 is 1.89 bits per heavy atom. The third-order valence-electron chi connectivity index (χ3n) is 1.26. The van der Waals surface area contributed by atoms with Crippen molar-refractivity contribution in [1.82, 2.24) is 0 Å². The van der Waals surface area contributed by atoms with Crippen molar-refractivity contribution < 1.29 is 18.3 Å². The maximum atomic E-state index is 10.3. The molecule has 1 N–H and O–H groups in total. The Bertz CT molecular complexity index is 215. The van der Waals surface area contributed by atoms with Crippen LogP contribution in [-0.4, -0.2) is 31.0 Å². The quantitative estimate of drug-likeness (QED) is 0.526. The van der Waals surface area contributed by atoms with Gasteiger partial charge in [0.15, 0.2) is 9.84 Å². The number of carboxylic acid groups (broad SMARTS) is 1. The minimum atomic E-state index is -2.96. The minimum Gasteiger partial charge on any atom is -0.481 e. The average molecular weight is 150 g/mol. The van der Waals surface area contributed by atoms with E-state index in [4.69, 9.17) is 5.11 Å². The van der Waals surface area contributed by atoms with Crippen LogP contribution in [0.4, 0.5) is 0 Å². The molecule has 1 aliphatic rings. The smallest absolute Gasteiger partial charge is 0.308 e. The molecule has 0 amide bonds. The molecule has 9 heavy (non-hydrogen) atoms. The van der Waals surface area contributed by atoms with E-state index in [2.05, 4.69) is 0 Å². The van der Waals surface area contributed by atoms with Crippen molar-refractivity contribution in [3.63, 3.8) is 0 Å². The second-order valence-corrected chi connectivity index (χ2v) is 4.27. The number of aliphatic carboxylic acids is 1. The first-order chi connectivity index (χ1) is 4.01. The Morgan fingerprint density at radius 3 is 2.00 bits per heavy atom. The lowest BCUT2D eigenvalue weighted by Crippen LogP contribution is -2.41. The molecule has 1 fully saturated rings. The van der Waals surface area contributed by atoms with Crippen LogP contribution in [0.15, 0.2) is 0 Å². The molecule has 0 saturated carbocycles. The van der Waals surface area contributed by atoms with Crippen LogP contribution >= 0.6 is 0 Å². The molecule has 0 spiro atoms. The molecule has 5 heteroatoms. The van der Waals surface area contributed by atoms with Crippen LogP contribution < -0.4 is 0 Å². The Labute approximate surface area is 52.4 Å². The van der Waals surface area contributed by atoms with Crippen LogP contribution in [0.5, 0.6) is 0 Å². The van der Waals surface area contributed by atoms with E-state index in [0.717, 1.165) is 0 Å². The van der Waals surface area contributed by atoms with Crippen LogP contribution in [0.2, 0.25) is 0 Å². The number of carbonyl (C=O) groups is 1. The highest BCUT2D eigenvalue weighted by Gasteiger charge is 2.38. The predicted octanol–water partition coefficient (Wildman–Crippen LogP) is -0.884. The van der Waals surface area contributed by atoms with Gasteiger partial charge in [0.1, 0.15) is 0 Å². The molecular formula is C4H6O4S. The summed E-state index contributed by atoms with van der Waals surface area (Å²) < 4.78 is 20.7. The second-order valence-electron chi connectivity index (χ2n) is 2.11. The van der Waals surface area contributed by atoms with Crippen molar-refractivity contribution in [2.24, 2.45) is 5.92 Å². The Morgan fingerprint density at radius 1 is 1.44 bits per heavy atom. The summed E-state index contributed by atoms with van der Waals surface area (Å²) in [6, 6.07) is 0. The van der Waals surface area contributed by atoms with Gasteiger partial charge in [0.05, 0.1) is 17.4 Å². The Balaban J connectivity index is 2.55. The van der Waals surface area contributed by atoms with Crippen LogP contribution in [-0.2, 0) is 14.6 Å². The summed E-state index contributed by atoms with van der Waals surface area (Å²) in [6.07, 6.45) is 0. The fourth-order valence-corrected chi connectivity index (χ4v) is 2.12. The summed E-state index contributed by atoms with van der Waals surface area (Å²) in [6.45, 7) is 0. The summed E-state index contributed by atoms with van der Waals surface area (Å²) in [5.74, 6) is -2.01. The zero-order valence-corrected chi connectivity index (χ0v) is 5.39. The highest BCUT2D eigenvalue weighted by molar-refractivity contribution is 7.92. The van der Waals surface area contributed by atoms with Gasteiger partial charge in [-0.2, -0.15) is 0 Å². The average Bonchev–Trinajstić information content (AvgIpc) is 1.59. The van der Waals surface area contributed by atoms with Gasteiger partial charge in [0.25, 0.3) is 0 Å². The summed E-state index contributed by atoms with van der Waals surface area (Å²) in [7, 11) is -2.96. The molecule has 1 saturated heterocycles. The number of sulfone groups is 1. The SMILES string of the molecule is O=C(O)C1CS(=O)(=O)C1. The van der Waals surface area contributed by atoms with Crippen molar-refractivity contribution in [2.45, 2.75) is 0 Å². The van der Waals surface area contributed by atoms with Crippen LogP contribution in [0.3, 0.4) is 0 Å². The molecule has 4 nitrogen and oxygen atoms in total. The summed E-state index contributed by atoms with van der Waals surface area (Å²) in [5.41, 5.74) is 0. The first kappa shape index (κ1) is 6.54. The van der Waals surface area contributed by atoms with E-state index in [-0.39, 0.29) is 11.5 Å². The van der Waals surface area contributed by atoms with Crippen molar-refractivity contribution in [3.8, 4) is 0 Å². The van der Waals surface area contributed by atoms with Crippen LogP contribution in [0.1, 0.15) is 0 Å². The highest BCUT2D eigenvalue weighted by atomic mass is 32.2. The van der Waals surface area contributed by atoms with Crippen molar-refractivity contribution in [2.75, 3.05) is 11.5 Å². The molecule has 0 bridgehead atoms. The maximum Gasteiger partial charge on any atom is 0.308 e. The lowest BCUT2D eigenvalue weighted by molar-refractivity contribution is -0.140. The van der Waals surface area contributed by atoms with Gasteiger partial charge >= 0.3 is 5.97 Å². The van der Waals surface area contributed by atoms with Gasteiger partial charge in [-0.25, -0.2) is 8.42 Å². The van der Waals surface area contributed by atoms with E-state index in [1.54, 1.807) is 0 Å². The van der Waals surface area contributed by atoms with Gasteiger partial charge < -0.3 is 5.11 Å². The van der Waals surface area contributed by atoms with Gasteiger partial charge in [-0.05, 0) is 0 Å². The molecule has 0 aromatic rings. The van der Waals surface area contributed by atoms with E-state index in [1.807, 2.05) is 0 Å². The molecule has 0 aromatic carbocycles. The lowest BCUT2D eigenvalue weighted by atomic mass is 10.2. The first-order valence-electron chi connectivity index (χ1n) is 2.44. The number of hydrogen-bond donors (Lipinski definition) is 1. The monoisotopic (exact) mass is 150 g/mol. The van der Waals surface area contributed by atoms with Crippen molar-refractivity contribution in [3.05, 3.63) is 0 Å². The molecular weight excluding hydrogens is 144 g/mol. The third-order valence-corrected chi connectivity index (χ3v) is 3.08. The fourth-order valence-electron chi connectivity index (χ4n) is 0.707. The first-order valence-corrected chi connectivity index (χ1v) is 4.26. The molecule has 0 aliphatic carbocycles. The van der Waals surface area contributed by atoms with Crippen molar-refractivity contribution in [1.29, 1.82) is 0 Å². The van der Waals surface area contributed by atoms with Gasteiger partial charge in [0, 0.05) is 0 Å². The number of rotatable bonds is 1. The summed E-state index contributed by atoms with van der Waals surface area (Å²) >= 11 is 0. The third kappa shape index (κ3) is 1.21. The van der Waals surface area contributed by atoms with Crippen LogP contribution in [0.25, 0.3) is 0 Å². The summed E-state index contributed by atoms with van der Waals surface area (Å²) in [5, 5.41) is 8.20. The lowest BCUT2D eigenvalue weighted by Gasteiger charge is -2.20. The maximum absolute atomic E-state index is 10.3. The fraction of sp³-hybridized carbons (Fsp3) is 0.750. The van der Waals surface area contributed by atoms with Gasteiger partial charge in [-0.15, -0.1) is 0 Å². The normalized spacial score (nSPS) is 24.9. The van der Waals surface area contributed by atoms with E-state index in [9.17, 15) is 13.2 Å². The predicted molar refractivity (Wildman–Crippen MR) is 29.8 cm³/mol. The van der Waals surface area contributed by atoms with Gasteiger partial charge in [-0.3, -0.25) is 4.79 Å². The number of carboxylic acids is 1. The minimum absolute atomic E-state index is 0.178. The molecule has 1 heterocycles. The zero-order valence-electron chi connectivity index (χ0n) is 4.57. The molecule has 1 rings (SSSR count). The zero-order chi connectivity index (χ0) is 7.07. The van der Waals surface area contributed by atoms with E-state index >= 15 is 0 Å².